The maximum absolute atomic E-state index is 13.3. The average Bonchev–Trinajstić information content (AvgIpc) is 3.32. The summed E-state index contributed by atoms with van der Waals surface area (Å²) in [6.45, 7) is -2.10. The third-order valence-electron chi connectivity index (χ3n) is 6.20. The van der Waals surface area contributed by atoms with Gasteiger partial charge in [-0.25, -0.2) is 4.68 Å². The van der Waals surface area contributed by atoms with Crippen molar-refractivity contribution in [2.45, 2.75) is 50.3 Å². The highest BCUT2D eigenvalue weighted by Gasteiger charge is 2.46. The lowest BCUT2D eigenvalue weighted by atomic mass is 9.82. The smallest absolute Gasteiger partial charge is 0.484 e. The standard InChI is InChI=1S/C23H24F6N4O4S/c1-38-11-17(34)30-19-18-16(32-33(19)7-2-8-37-23(27,28)29)10-21(31-20(18)35)6-5-13-9-14(3-4-15(13)21)36-12-22(24,25)26/h3-4,9H,2,5-8,10-12H2,1H3,(H,30,34)(H,31,35)/t21-/m1/s1. The lowest BCUT2D eigenvalue weighted by Gasteiger charge is -2.35. The van der Waals surface area contributed by atoms with Crippen LogP contribution in [0, 0.1) is 0 Å². The lowest BCUT2D eigenvalue weighted by Crippen LogP contribution is -2.49. The van der Waals surface area contributed by atoms with E-state index in [0.717, 1.165) is 11.1 Å². The molecule has 1 aromatic heterocycles. The molecule has 0 radical (unpaired) electrons. The van der Waals surface area contributed by atoms with E-state index in [1.807, 2.05) is 0 Å². The number of ether oxygens (including phenoxy) is 2. The summed E-state index contributed by atoms with van der Waals surface area (Å²) in [7, 11) is 0. The van der Waals surface area contributed by atoms with E-state index in [-0.39, 0.29) is 42.3 Å². The summed E-state index contributed by atoms with van der Waals surface area (Å²) in [4.78, 5) is 25.6. The van der Waals surface area contributed by atoms with Crippen LogP contribution in [-0.4, -0.2) is 59.4 Å². The van der Waals surface area contributed by atoms with E-state index in [0.29, 0.717) is 18.5 Å². The Balaban J connectivity index is 1.59. The van der Waals surface area contributed by atoms with Crippen molar-refractivity contribution >= 4 is 29.4 Å². The number of halogens is 6. The molecule has 1 aliphatic carbocycles. The first kappa shape index (κ1) is 28.1. The number of benzene rings is 1. The summed E-state index contributed by atoms with van der Waals surface area (Å²) in [5, 5.41) is 10.1. The number of rotatable bonds is 9. The molecule has 2 aromatic rings. The van der Waals surface area contributed by atoms with Crippen molar-refractivity contribution < 1.29 is 45.4 Å². The van der Waals surface area contributed by atoms with Crippen LogP contribution in [0.4, 0.5) is 32.2 Å². The number of carbonyl (C=O) groups excluding carboxylic acids is 2. The molecule has 2 heterocycles. The summed E-state index contributed by atoms with van der Waals surface area (Å²) in [5.74, 6) is -0.681. The molecular formula is C23H24F6N4O4S. The number of carbonyl (C=O) groups is 2. The topological polar surface area (TPSA) is 94.5 Å². The molecule has 4 rings (SSSR count). The molecule has 2 N–H and O–H groups in total. The first-order chi connectivity index (χ1) is 17.8. The zero-order valence-corrected chi connectivity index (χ0v) is 20.9. The van der Waals surface area contributed by atoms with E-state index in [9.17, 15) is 35.9 Å². The van der Waals surface area contributed by atoms with Gasteiger partial charge in [-0.15, -0.1) is 13.2 Å². The third kappa shape index (κ3) is 6.37. The molecule has 15 heteroatoms. The van der Waals surface area contributed by atoms with Gasteiger partial charge in [-0.2, -0.15) is 30.0 Å². The van der Waals surface area contributed by atoms with Crippen molar-refractivity contribution in [1.29, 1.82) is 0 Å². The second-order valence-corrected chi connectivity index (χ2v) is 9.82. The Hall–Kier alpha value is -2.94. The van der Waals surface area contributed by atoms with Crippen molar-refractivity contribution in [1.82, 2.24) is 15.1 Å². The zero-order valence-electron chi connectivity index (χ0n) is 20.1. The second-order valence-electron chi connectivity index (χ2n) is 8.96. The number of aromatic nitrogens is 2. The molecule has 0 unspecified atom stereocenters. The van der Waals surface area contributed by atoms with E-state index in [1.54, 1.807) is 12.3 Å². The maximum atomic E-state index is 13.3. The van der Waals surface area contributed by atoms with Crippen LogP contribution < -0.4 is 15.4 Å². The van der Waals surface area contributed by atoms with Gasteiger partial charge in [0.15, 0.2) is 6.61 Å². The maximum Gasteiger partial charge on any atom is 0.522 e. The molecular weight excluding hydrogens is 542 g/mol. The second kappa shape index (κ2) is 10.7. The van der Waals surface area contributed by atoms with Crippen molar-refractivity contribution in [3.8, 4) is 5.75 Å². The van der Waals surface area contributed by atoms with Gasteiger partial charge < -0.3 is 15.4 Å². The van der Waals surface area contributed by atoms with Crippen LogP contribution in [0.15, 0.2) is 18.2 Å². The van der Waals surface area contributed by atoms with Gasteiger partial charge in [-0.05, 0) is 48.8 Å². The molecule has 0 saturated carbocycles. The minimum Gasteiger partial charge on any atom is -0.484 e. The fraction of sp³-hybridized carbons (Fsp3) is 0.522. The van der Waals surface area contributed by atoms with Crippen molar-refractivity contribution in [2.24, 2.45) is 0 Å². The number of hydrogen-bond acceptors (Lipinski definition) is 6. The molecule has 1 aromatic carbocycles. The van der Waals surface area contributed by atoms with Crippen LogP contribution in [0.3, 0.4) is 0 Å². The summed E-state index contributed by atoms with van der Waals surface area (Å²) in [5.41, 5.74) is 1.05. The number of thioether (sulfide) groups is 1. The van der Waals surface area contributed by atoms with E-state index in [2.05, 4.69) is 20.5 Å². The minimum absolute atomic E-state index is 0.0469. The Bertz CT molecular complexity index is 1220. The van der Waals surface area contributed by atoms with Crippen LogP contribution in [0.2, 0.25) is 0 Å². The van der Waals surface area contributed by atoms with Crippen LogP contribution in [-0.2, 0) is 34.5 Å². The SMILES string of the molecule is CSCC(=O)Nc1c2c(nn1CCCOC(F)(F)F)C[C@@]1(CCc3cc(OCC(F)(F)F)ccc31)NC2=O. The molecule has 2 aliphatic rings. The quantitative estimate of drug-likeness (QED) is 0.350. The van der Waals surface area contributed by atoms with Crippen molar-refractivity contribution in [2.75, 3.05) is 30.5 Å². The first-order valence-electron chi connectivity index (χ1n) is 11.5. The van der Waals surface area contributed by atoms with Gasteiger partial charge in [0.05, 0.1) is 23.6 Å². The molecule has 1 spiro atoms. The van der Waals surface area contributed by atoms with Crippen LogP contribution in [0.5, 0.6) is 5.75 Å². The van der Waals surface area contributed by atoms with Crippen LogP contribution >= 0.6 is 11.8 Å². The Labute approximate surface area is 217 Å². The molecule has 38 heavy (non-hydrogen) atoms. The van der Waals surface area contributed by atoms with E-state index < -0.39 is 43.1 Å². The highest BCUT2D eigenvalue weighted by atomic mass is 32.2. The van der Waals surface area contributed by atoms with Gasteiger partial charge in [-0.1, -0.05) is 6.07 Å². The van der Waals surface area contributed by atoms with Gasteiger partial charge >= 0.3 is 12.5 Å². The number of nitrogens with one attached hydrogen (secondary N) is 2. The Morgan fingerprint density at radius 2 is 2.03 bits per heavy atom. The molecule has 1 aliphatic heterocycles. The summed E-state index contributed by atoms with van der Waals surface area (Å²) in [6, 6.07) is 4.55. The average molecular weight is 567 g/mol. The first-order valence-corrected chi connectivity index (χ1v) is 12.9. The Morgan fingerprint density at radius 3 is 2.71 bits per heavy atom. The number of nitrogens with zero attached hydrogens (tertiary/aromatic N) is 2. The number of aryl methyl sites for hydroxylation is 2. The minimum atomic E-state index is -4.78. The highest BCUT2D eigenvalue weighted by molar-refractivity contribution is 7.99. The van der Waals surface area contributed by atoms with Crippen LogP contribution in [0.25, 0.3) is 0 Å². The van der Waals surface area contributed by atoms with Gasteiger partial charge in [0.2, 0.25) is 5.91 Å². The fourth-order valence-electron chi connectivity index (χ4n) is 4.77. The fourth-order valence-corrected chi connectivity index (χ4v) is 5.10. The van der Waals surface area contributed by atoms with Crippen LogP contribution in [0.1, 0.15) is 40.0 Å². The lowest BCUT2D eigenvalue weighted by molar-refractivity contribution is -0.324. The number of alkyl halides is 6. The van der Waals surface area contributed by atoms with Gasteiger partial charge in [0.1, 0.15) is 17.1 Å². The number of anilines is 1. The van der Waals surface area contributed by atoms with Crippen molar-refractivity contribution in [3.63, 3.8) is 0 Å². The molecule has 0 fully saturated rings. The molecule has 1 atom stereocenters. The molecule has 2 amide bonds. The zero-order chi connectivity index (χ0) is 27.7. The third-order valence-corrected chi connectivity index (χ3v) is 6.75. The van der Waals surface area contributed by atoms with Crippen molar-refractivity contribution in [3.05, 3.63) is 40.6 Å². The largest absolute Gasteiger partial charge is 0.522 e. The number of fused-ring (bicyclic) bond motifs is 3. The molecule has 0 saturated heterocycles. The Morgan fingerprint density at radius 1 is 1.26 bits per heavy atom. The number of hydrogen-bond donors (Lipinski definition) is 2. The summed E-state index contributed by atoms with van der Waals surface area (Å²) >= 11 is 1.25. The van der Waals surface area contributed by atoms with Gasteiger partial charge in [0.25, 0.3) is 5.91 Å². The molecule has 0 bridgehead atoms. The van der Waals surface area contributed by atoms with Gasteiger partial charge in [-0.3, -0.25) is 14.3 Å². The number of amides is 2. The van der Waals surface area contributed by atoms with E-state index in [1.165, 1.54) is 28.6 Å². The van der Waals surface area contributed by atoms with E-state index in [4.69, 9.17) is 4.74 Å². The monoisotopic (exact) mass is 566 g/mol. The molecule has 208 valence electrons. The highest BCUT2D eigenvalue weighted by Crippen LogP contribution is 2.44. The Kier molecular flexibility index (Phi) is 7.89. The normalized spacial score (nSPS) is 18.8. The molecule has 8 nitrogen and oxygen atoms in total. The summed E-state index contributed by atoms with van der Waals surface area (Å²) in [6.07, 6.45) is -6.47. The van der Waals surface area contributed by atoms with Gasteiger partial charge in [0, 0.05) is 13.0 Å². The summed E-state index contributed by atoms with van der Waals surface area (Å²) < 4.78 is 84.6. The van der Waals surface area contributed by atoms with E-state index >= 15 is 0 Å². The predicted molar refractivity (Wildman–Crippen MR) is 125 cm³/mol. The predicted octanol–water partition coefficient (Wildman–Crippen LogP) is 4.18.